The summed E-state index contributed by atoms with van der Waals surface area (Å²) >= 11 is 1.52. The minimum Gasteiger partial charge on any atom is -0.347 e. The fourth-order valence-corrected chi connectivity index (χ4v) is 5.03. The van der Waals surface area contributed by atoms with Crippen molar-refractivity contribution in [2.24, 2.45) is 0 Å². The van der Waals surface area contributed by atoms with Gasteiger partial charge in [-0.2, -0.15) is 5.21 Å². The van der Waals surface area contributed by atoms with Gasteiger partial charge in [0.25, 0.3) is 11.8 Å². The average molecular weight is 479 g/mol. The molecule has 0 bridgehead atoms. The zero-order valence-corrected chi connectivity index (χ0v) is 18.8. The van der Waals surface area contributed by atoms with Crippen molar-refractivity contribution in [2.45, 2.75) is 32.4 Å². The predicted molar refractivity (Wildman–Crippen MR) is 120 cm³/mol. The molecule has 4 aromatic rings. The van der Waals surface area contributed by atoms with Crippen LogP contribution in [-0.4, -0.2) is 42.4 Å². The summed E-state index contributed by atoms with van der Waals surface area (Å²) < 4.78 is 13.4. The second-order valence-corrected chi connectivity index (χ2v) is 8.94. The smallest absolute Gasteiger partial charge is 0.270 e. The van der Waals surface area contributed by atoms with Gasteiger partial charge in [0.15, 0.2) is 0 Å². The number of fused-ring (bicyclic) bond motifs is 1. The van der Waals surface area contributed by atoms with Crippen LogP contribution in [0.2, 0.25) is 0 Å². The van der Waals surface area contributed by atoms with Gasteiger partial charge in [0, 0.05) is 17.5 Å². The second kappa shape index (κ2) is 9.06. The monoisotopic (exact) mass is 478 g/mol. The normalized spacial score (nSPS) is 14.6. The molecule has 3 N–H and O–H groups in total. The van der Waals surface area contributed by atoms with Gasteiger partial charge in [0.05, 0.1) is 10.9 Å². The quantitative estimate of drug-likeness (QED) is 0.387. The number of halogens is 1. The molecule has 1 aliphatic rings. The lowest BCUT2D eigenvalue weighted by molar-refractivity contribution is 0.0932. The maximum absolute atomic E-state index is 13.4. The van der Waals surface area contributed by atoms with E-state index in [2.05, 4.69) is 41.2 Å². The maximum Gasteiger partial charge on any atom is 0.270 e. The molecule has 0 spiro atoms. The Hall–Kier alpha value is -4.06. The number of thiophene rings is 1. The van der Waals surface area contributed by atoms with Gasteiger partial charge < -0.3 is 10.6 Å². The number of H-pyrrole nitrogens is 1. The first-order valence-electron chi connectivity index (χ1n) is 10.5. The van der Waals surface area contributed by atoms with Gasteiger partial charge in [-0.05, 0) is 53.8 Å². The molecule has 1 aromatic carbocycles. The zero-order chi connectivity index (χ0) is 23.7. The average Bonchev–Trinajstić information content (AvgIpc) is 3.58. The first kappa shape index (κ1) is 21.8. The van der Waals surface area contributed by atoms with E-state index in [1.807, 2.05) is 6.07 Å². The maximum atomic E-state index is 13.4. The Morgan fingerprint density at radius 1 is 1.18 bits per heavy atom. The topological polar surface area (TPSA) is 138 Å². The van der Waals surface area contributed by atoms with Crippen molar-refractivity contribution < 1.29 is 14.0 Å². The van der Waals surface area contributed by atoms with Crippen molar-refractivity contribution in [3.8, 4) is 10.7 Å². The Bertz CT molecular complexity index is 1370. The molecule has 0 fully saturated rings. The molecule has 0 unspecified atom stereocenters. The second-order valence-electron chi connectivity index (χ2n) is 7.85. The van der Waals surface area contributed by atoms with Gasteiger partial charge >= 0.3 is 0 Å². The summed E-state index contributed by atoms with van der Waals surface area (Å²) in [7, 11) is 0. The van der Waals surface area contributed by atoms with E-state index in [0.717, 1.165) is 33.7 Å². The van der Waals surface area contributed by atoms with Crippen LogP contribution in [-0.2, 0) is 13.0 Å². The number of aromatic amines is 1. The molecule has 34 heavy (non-hydrogen) atoms. The number of benzene rings is 1. The molecule has 2 amide bonds. The minimum absolute atomic E-state index is 0.0709. The molecule has 0 aliphatic heterocycles. The SMILES string of the molecule is Cc1cc(CNC(=O)c2cc(C(=O)N[C@@H]3CCc4cc(-c5nn[nH]n5)sc43)ncn2)ccc1F. The van der Waals surface area contributed by atoms with E-state index in [1.54, 1.807) is 19.1 Å². The van der Waals surface area contributed by atoms with E-state index in [4.69, 9.17) is 0 Å². The third-order valence-corrected chi connectivity index (χ3v) is 6.83. The van der Waals surface area contributed by atoms with Gasteiger partial charge in [-0.3, -0.25) is 9.59 Å². The number of nitrogens with zero attached hydrogens (tertiary/aromatic N) is 5. The number of amides is 2. The van der Waals surface area contributed by atoms with Gasteiger partial charge in [-0.15, -0.1) is 21.5 Å². The number of aromatic nitrogens is 6. The summed E-state index contributed by atoms with van der Waals surface area (Å²) in [5.74, 6) is -0.626. The van der Waals surface area contributed by atoms with Crippen LogP contribution in [0.1, 0.15) is 55.0 Å². The molecule has 5 rings (SSSR count). The van der Waals surface area contributed by atoms with E-state index in [0.29, 0.717) is 11.4 Å². The molecule has 1 aliphatic carbocycles. The van der Waals surface area contributed by atoms with Gasteiger partial charge in [-0.1, -0.05) is 12.1 Å². The van der Waals surface area contributed by atoms with Crippen LogP contribution >= 0.6 is 11.3 Å². The zero-order valence-electron chi connectivity index (χ0n) is 18.0. The lowest BCUT2D eigenvalue weighted by Crippen LogP contribution is -2.29. The molecule has 0 saturated heterocycles. The molecule has 1 atom stereocenters. The number of rotatable bonds is 6. The van der Waals surface area contributed by atoms with Crippen molar-refractivity contribution in [1.82, 2.24) is 41.2 Å². The first-order valence-corrected chi connectivity index (χ1v) is 11.3. The Morgan fingerprint density at radius 3 is 2.76 bits per heavy atom. The Morgan fingerprint density at radius 2 is 2.00 bits per heavy atom. The van der Waals surface area contributed by atoms with Gasteiger partial charge in [0.1, 0.15) is 23.5 Å². The summed E-state index contributed by atoms with van der Waals surface area (Å²) in [5, 5.41) is 19.8. The van der Waals surface area contributed by atoms with E-state index in [-0.39, 0.29) is 29.8 Å². The number of nitrogens with one attached hydrogen (secondary N) is 3. The van der Waals surface area contributed by atoms with E-state index in [1.165, 1.54) is 29.8 Å². The highest BCUT2D eigenvalue weighted by molar-refractivity contribution is 7.15. The number of carbonyl (C=O) groups excluding carboxylic acids is 2. The lowest BCUT2D eigenvalue weighted by Gasteiger charge is -2.12. The molecular formula is C22H19FN8O2S. The molecule has 3 aromatic heterocycles. The third kappa shape index (κ3) is 4.39. The van der Waals surface area contributed by atoms with Crippen molar-refractivity contribution in [2.75, 3.05) is 0 Å². The van der Waals surface area contributed by atoms with Crippen LogP contribution < -0.4 is 10.6 Å². The van der Waals surface area contributed by atoms with Gasteiger partial charge in [0.2, 0.25) is 5.82 Å². The number of hydrogen-bond acceptors (Lipinski definition) is 8. The van der Waals surface area contributed by atoms with Crippen LogP contribution in [0.5, 0.6) is 0 Å². The van der Waals surface area contributed by atoms with Crippen LogP contribution in [0, 0.1) is 12.7 Å². The molecule has 172 valence electrons. The molecule has 0 radical (unpaired) electrons. The van der Waals surface area contributed by atoms with Gasteiger partial charge in [-0.25, -0.2) is 14.4 Å². The Labute approximate surface area is 197 Å². The first-order chi connectivity index (χ1) is 16.5. The minimum atomic E-state index is -0.454. The van der Waals surface area contributed by atoms with Crippen LogP contribution in [0.3, 0.4) is 0 Å². The molecule has 0 saturated carbocycles. The number of tetrazole rings is 1. The molecule has 3 heterocycles. The number of carbonyl (C=O) groups is 2. The Kier molecular flexibility index (Phi) is 5.80. The van der Waals surface area contributed by atoms with Crippen LogP contribution in [0.15, 0.2) is 36.7 Å². The summed E-state index contributed by atoms with van der Waals surface area (Å²) in [6.07, 6.45) is 2.79. The summed E-state index contributed by atoms with van der Waals surface area (Å²) in [6, 6.07) is 7.84. The fraction of sp³-hybridized carbons (Fsp3) is 0.227. The Balaban J connectivity index is 1.24. The van der Waals surface area contributed by atoms with Crippen molar-refractivity contribution in [1.29, 1.82) is 0 Å². The highest BCUT2D eigenvalue weighted by Crippen LogP contribution is 2.40. The highest BCUT2D eigenvalue weighted by atomic mass is 32.1. The highest BCUT2D eigenvalue weighted by Gasteiger charge is 2.28. The molecule has 10 nitrogen and oxygen atoms in total. The van der Waals surface area contributed by atoms with Crippen molar-refractivity contribution >= 4 is 23.2 Å². The van der Waals surface area contributed by atoms with E-state index < -0.39 is 11.8 Å². The lowest BCUT2D eigenvalue weighted by atomic mass is 10.1. The van der Waals surface area contributed by atoms with Crippen molar-refractivity contribution in [3.63, 3.8) is 0 Å². The predicted octanol–water partition coefficient (Wildman–Crippen LogP) is 2.51. The summed E-state index contributed by atoms with van der Waals surface area (Å²) in [4.78, 5) is 35.4. The molecular weight excluding hydrogens is 459 g/mol. The molecule has 12 heteroatoms. The van der Waals surface area contributed by atoms with E-state index >= 15 is 0 Å². The fourth-order valence-electron chi connectivity index (χ4n) is 3.81. The van der Waals surface area contributed by atoms with Crippen molar-refractivity contribution in [3.05, 3.63) is 75.4 Å². The van der Waals surface area contributed by atoms with Crippen LogP contribution in [0.4, 0.5) is 4.39 Å². The van der Waals surface area contributed by atoms with E-state index in [9.17, 15) is 14.0 Å². The largest absolute Gasteiger partial charge is 0.347 e. The number of hydrogen-bond donors (Lipinski definition) is 3. The number of aryl methyl sites for hydroxylation is 2. The summed E-state index contributed by atoms with van der Waals surface area (Å²) in [6.45, 7) is 1.86. The third-order valence-electron chi connectivity index (χ3n) is 5.54. The standard InChI is InChI=1S/C22H19FN8O2S/c1-11-6-12(2-4-14(11)23)9-24-21(32)16-8-17(26-10-25-16)22(33)27-15-5-3-13-7-18(34-19(13)15)20-28-30-31-29-20/h2,4,6-8,10,15H,3,5,9H2,1H3,(H,24,32)(H,27,33)(H,28,29,30,31)/t15-/m1/s1. The summed E-state index contributed by atoms with van der Waals surface area (Å²) in [5.41, 5.74) is 2.57. The van der Waals surface area contributed by atoms with Crippen LogP contribution in [0.25, 0.3) is 10.7 Å².